The fourth-order valence-corrected chi connectivity index (χ4v) is 3.94. The average molecular weight is 235 g/mol. The summed E-state index contributed by atoms with van der Waals surface area (Å²) in [6.07, 6.45) is -0.133. The van der Waals surface area contributed by atoms with Crippen LogP contribution in [0.15, 0.2) is 0 Å². The Kier molecular flexibility index (Phi) is 5.10. The minimum Gasteiger partial charge on any atom is -0.330 e. The standard InChI is InChI=1S/C4H15NO6P2/c1-11-13(9,10)4(2-3-5)12(6,7)8/h4,6-10H,2-3,5H2,1H3/q+2. The minimum absolute atomic E-state index is 0.0136. The Morgan fingerprint density at radius 3 is 1.92 bits per heavy atom. The van der Waals surface area contributed by atoms with Gasteiger partial charge < -0.3 is 5.73 Å². The van der Waals surface area contributed by atoms with Gasteiger partial charge in [0, 0.05) is 13.0 Å². The summed E-state index contributed by atoms with van der Waals surface area (Å²) in [5.41, 5.74) is 5.10. The highest BCUT2D eigenvalue weighted by molar-refractivity contribution is 7.77. The second-order valence-electron chi connectivity index (χ2n) is 2.44. The Balaban J connectivity index is 4.60. The lowest BCUT2D eigenvalue weighted by molar-refractivity contribution is 0.257. The van der Waals surface area contributed by atoms with Crippen LogP contribution in [0.5, 0.6) is 0 Å². The molecule has 0 aliphatic rings. The van der Waals surface area contributed by atoms with Crippen LogP contribution in [0.25, 0.3) is 0 Å². The molecule has 0 saturated heterocycles. The largest absolute Gasteiger partial charge is 0.457 e. The molecule has 0 aliphatic carbocycles. The average Bonchev–Trinajstić information content (AvgIpc) is 1.98. The molecule has 7 N–H and O–H groups in total. The summed E-state index contributed by atoms with van der Waals surface area (Å²) in [6.45, 7) is -0.0136. The minimum atomic E-state index is -4.34. The second kappa shape index (κ2) is 4.89. The van der Waals surface area contributed by atoms with Gasteiger partial charge in [-0.15, -0.1) is 0 Å². The molecule has 80 valence electrons. The summed E-state index contributed by atoms with van der Waals surface area (Å²) < 4.78 is 4.29. The predicted octanol–water partition coefficient (Wildman–Crippen LogP) is -1.21. The van der Waals surface area contributed by atoms with Crippen LogP contribution in [0, 0.1) is 0 Å². The van der Waals surface area contributed by atoms with Gasteiger partial charge in [0.15, 0.2) is 0 Å². The van der Waals surface area contributed by atoms with Gasteiger partial charge in [-0.3, -0.25) is 0 Å². The molecule has 0 spiro atoms. The molecule has 0 aromatic heterocycles. The first-order valence-corrected chi connectivity index (χ1v) is 6.82. The summed E-state index contributed by atoms with van der Waals surface area (Å²) in [7, 11) is -7.28. The molecule has 0 bridgehead atoms. The van der Waals surface area contributed by atoms with Gasteiger partial charge in [-0.05, 0) is 0 Å². The van der Waals surface area contributed by atoms with Crippen molar-refractivity contribution in [1.29, 1.82) is 0 Å². The van der Waals surface area contributed by atoms with Crippen LogP contribution in [-0.2, 0) is 4.52 Å². The number of hydrogen-bond donors (Lipinski definition) is 6. The van der Waals surface area contributed by atoms with Crippen LogP contribution in [0.2, 0.25) is 0 Å². The molecule has 0 radical (unpaired) electrons. The first-order chi connectivity index (χ1) is 5.75. The van der Waals surface area contributed by atoms with Crippen LogP contribution in [0.3, 0.4) is 0 Å². The molecular formula is C4H15NO6P2+2. The molecule has 0 aromatic carbocycles. The maximum atomic E-state index is 9.19. The molecule has 7 nitrogen and oxygen atoms in total. The Morgan fingerprint density at radius 2 is 1.69 bits per heavy atom. The Bertz CT molecular complexity index is 159. The van der Waals surface area contributed by atoms with Crippen molar-refractivity contribution >= 4 is 15.9 Å². The molecule has 0 aliphatic heterocycles. The molecular weight excluding hydrogens is 220 g/mol. The molecule has 0 saturated carbocycles. The third kappa shape index (κ3) is 4.08. The molecule has 0 aromatic rings. The van der Waals surface area contributed by atoms with Crippen molar-refractivity contribution in [1.82, 2.24) is 0 Å². The van der Waals surface area contributed by atoms with E-state index in [9.17, 15) is 9.79 Å². The molecule has 0 rings (SSSR count). The van der Waals surface area contributed by atoms with Crippen LogP contribution in [0.1, 0.15) is 6.42 Å². The summed E-state index contributed by atoms with van der Waals surface area (Å²) in [6, 6.07) is 0. The monoisotopic (exact) mass is 235 g/mol. The zero-order valence-electron chi connectivity index (χ0n) is 7.11. The maximum Gasteiger partial charge on any atom is 0.457 e. The highest BCUT2D eigenvalue weighted by Crippen LogP contribution is 2.72. The zero-order valence-corrected chi connectivity index (χ0v) is 8.90. The van der Waals surface area contributed by atoms with E-state index in [0.717, 1.165) is 7.11 Å². The van der Waals surface area contributed by atoms with Crippen molar-refractivity contribution in [3.63, 3.8) is 0 Å². The van der Waals surface area contributed by atoms with Gasteiger partial charge in [-0.1, -0.05) is 0 Å². The first-order valence-electron chi connectivity index (χ1n) is 3.42. The van der Waals surface area contributed by atoms with Crippen molar-refractivity contribution in [3.8, 4) is 0 Å². The third-order valence-electron chi connectivity index (χ3n) is 1.48. The van der Waals surface area contributed by atoms with E-state index >= 15 is 0 Å². The van der Waals surface area contributed by atoms with Gasteiger partial charge >= 0.3 is 21.3 Å². The summed E-state index contributed by atoms with van der Waals surface area (Å²) in [5.74, 6) is 0. The third-order valence-corrected chi connectivity index (χ3v) is 5.94. The van der Waals surface area contributed by atoms with E-state index in [1.54, 1.807) is 0 Å². The van der Waals surface area contributed by atoms with Gasteiger partial charge in [0.2, 0.25) is 0 Å². The molecule has 9 heteroatoms. The zero-order chi connectivity index (χ0) is 10.7. The number of nitrogens with two attached hydrogens (primary N) is 1. The molecule has 0 amide bonds. The van der Waals surface area contributed by atoms with E-state index in [4.69, 9.17) is 20.4 Å². The van der Waals surface area contributed by atoms with Gasteiger partial charge in [-0.25, -0.2) is 0 Å². The molecule has 1 unspecified atom stereocenters. The van der Waals surface area contributed by atoms with E-state index in [0.29, 0.717) is 0 Å². The smallest absolute Gasteiger partial charge is 0.330 e. The van der Waals surface area contributed by atoms with Gasteiger partial charge in [0.1, 0.15) is 0 Å². The van der Waals surface area contributed by atoms with E-state index in [2.05, 4.69) is 4.52 Å². The lowest BCUT2D eigenvalue weighted by Crippen LogP contribution is -2.22. The molecule has 0 fully saturated rings. The lowest BCUT2D eigenvalue weighted by Gasteiger charge is -2.18. The van der Waals surface area contributed by atoms with Crippen molar-refractivity contribution < 1.29 is 29.0 Å². The Morgan fingerprint density at radius 1 is 1.23 bits per heavy atom. The fourth-order valence-electron chi connectivity index (χ4n) is 0.814. The highest BCUT2D eigenvalue weighted by Gasteiger charge is 2.64. The SMILES string of the molecule is CO[P+](O)(O)C(CCN)[P+](O)(O)O. The molecule has 0 heterocycles. The van der Waals surface area contributed by atoms with E-state index in [-0.39, 0.29) is 13.0 Å². The van der Waals surface area contributed by atoms with Gasteiger partial charge in [-0.2, -0.15) is 29.0 Å². The van der Waals surface area contributed by atoms with Crippen molar-refractivity contribution in [2.45, 2.75) is 11.8 Å². The normalized spacial score (nSPS) is 15.9. The van der Waals surface area contributed by atoms with Gasteiger partial charge in [0.25, 0.3) is 0 Å². The van der Waals surface area contributed by atoms with Crippen LogP contribution in [-0.4, -0.2) is 43.5 Å². The summed E-state index contributed by atoms with van der Waals surface area (Å²) >= 11 is 0. The van der Waals surface area contributed by atoms with Crippen LogP contribution >= 0.6 is 15.9 Å². The Hall–Kier alpha value is 0.580. The molecule has 13 heavy (non-hydrogen) atoms. The topological polar surface area (TPSA) is 136 Å². The van der Waals surface area contributed by atoms with Crippen molar-refractivity contribution in [2.75, 3.05) is 13.7 Å². The quantitative estimate of drug-likeness (QED) is 0.329. The van der Waals surface area contributed by atoms with Crippen molar-refractivity contribution in [2.24, 2.45) is 5.73 Å². The summed E-state index contributed by atoms with van der Waals surface area (Å²) in [5, 5.41) is -1.50. The number of hydrogen-bond acceptors (Lipinski definition) is 7. The Labute approximate surface area is 76.9 Å². The number of rotatable bonds is 5. The molecule has 1 atom stereocenters. The predicted molar refractivity (Wildman–Crippen MR) is 49.4 cm³/mol. The van der Waals surface area contributed by atoms with E-state index in [1.165, 1.54) is 0 Å². The highest BCUT2D eigenvalue weighted by atomic mass is 31.3. The van der Waals surface area contributed by atoms with E-state index < -0.39 is 21.3 Å². The summed E-state index contributed by atoms with van der Waals surface area (Å²) in [4.78, 5) is 45.0. The second-order valence-corrected chi connectivity index (χ2v) is 6.87. The maximum absolute atomic E-state index is 9.19. The van der Waals surface area contributed by atoms with Gasteiger partial charge in [0.05, 0.1) is 7.11 Å². The fraction of sp³-hybridized carbons (Fsp3) is 1.00. The van der Waals surface area contributed by atoms with Crippen LogP contribution in [0.4, 0.5) is 0 Å². The van der Waals surface area contributed by atoms with E-state index in [1.807, 2.05) is 0 Å². The lowest BCUT2D eigenvalue weighted by atomic mass is 10.5. The van der Waals surface area contributed by atoms with Crippen LogP contribution < -0.4 is 5.73 Å². The van der Waals surface area contributed by atoms with Crippen molar-refractivity contribution in [3.05, 3.63) is 0 Å². The first kappa shape index (κ1) is 13.6.